The van der Waals surface area contributed by atoms with Gasteiger partial charge in [0.15, 0.2) is 5.78 Å². The first kappa shape index (κ1) is 22.5. The third kappa shape index (κ3) is 2.89. The lowest BCUT2D eigenvalue weighted by Gasteiger charge is -2.32. The molecule has 1 N–H and O–H groups in total. The average molecular weight is 473 g/mol. The zero-order chi connectivity index (χ0) is 24.8. The van der Waals surface area contributed by atoms with Crippen molar-refractivity contribution in [2.75, 3.05) is 6.61 Å². The van der Waals surface area contributed by atoms with Gasteiger partial charge < -0.3 is 14.4 Å². The van der Waals surface area contributed by atoms with Crippen molar-refractivity contribution in [3.8, 4) is 17.1 Å². The van der Waals surface area contributed by atoms with E-state index < -0.39 is 5.60 Å². The van der Waals surface area contributed by atoms with E-state index in [4.69, 9.17) is 9.72 Å². The number of benzene rings is 1. The van der Waals surface area contributed by atoms with E-state index in [-0.39, 0.29) is 24.2 Å². The van der Waals surface area contributed by atoms with Crippen LogP contribution < -0.4 is 10.3 Å². The predicted octanol–water partition coefficient (Wildman–Crippen LogP) is 4.29. The SMILES string of the molecule is CC[C@@]1(O)C(=O)CCc2c1cc1n(c2=O)Cc2c-1nc1c(C)c(C)c3c(c1c2CC(C)C)OCC3. The number of fused-ring (bicyclic) bond motifs is 7. The fourth-order valence-electron chi connectivity index (χ4n) is 6.44. The van der Waals surface area contributed by atoms with Crippen LogP contribution in [0.3, 0.4) is 0 Å². The molecule has 2 aromatic heterocycles. The van der Waals surface area contributed by atoms with Crippen molar-refractivity contribution < 1.29 is 14.6 Å². The van der Waals surface area contributed by atoms with Gasteiger partial charge in [-0.2, -0.15) is 0 Å². The quantitative estimate of drug-likeness (QED) is 0.481. The number of nitrogens with zero attached hydrogens (tertiary/aromatic N) is 2. The van der Waals surface area contributed by atoms with Crippen LogP contribution in [0.5, 0.6) is 5.75 Å². The summed E-state index contributed by atoms with van der Waals surface area (Å²) in [5.41, 5.74) is 7.68. The highest BCUT2D eigenvalue weighted by molar-refractivity contribution is 5.97. The number of aryl methyl sites for hydroxylation is 1. The Morgan fingerprint density at radius 3 is 2.60 bits per heavy atom. The van der Waals surface area contributed by atoms with Crippen LogP contribution in [0.2, 0.25) is 0 Å². The number of ether oxygens (including phenoxy) is 1. The number of carbonyl (C=O) groups is 1. The van der Waals surface area contributed by atoms with Gasteiger partial charge in [0.2, 0.25) is 0 Å². The minimum Gasteiger partial charge on any atom is -0.492 e. The van der Waals surface area contributed by atoms with Crippen molar-refractivity contribution in [3.63, 3.8) is 0 Å². The molecule has 2 aliphatic heterocycles. The summed E-state index contributed by atoms with van der Waals surface area (Å²) in [6.07, 6.45) is 2.59. The normalized spacial score (nSPS) is 20.1. The van der Waals surface area contributed by atoms with Crippen molar-refractivity contribution in [1.29, 1.82) is 0 Å². The monoisotopic (exact) mass is 472 g/mol. The largest absolute Gasteiger partial charge is 0.492 e. The van der Waals surface area contributed by atoms with Crippen LogP contribution in [0.4, 0.5) is 0 Å². The zero-order valence-electron chi connectivity index (χ0n) is 21.2. The predicted molar refractivity (Wildman–Crippen MR) is 135 cm³/mol. The summed E-state index contributed by atoms with van der Waals surface area (Å²) in [4.78, 5) is 31.6. The fraction of sp³-hybridized carbons (Fsp3) is 0.483. The number of aliphatic hydroxyl groups is 1. The highest BCUT2D eigenvalue weighted by Crippen LogP contribution is 2.46. The number of pyridine rings is 2. The van der Waals surface area contributed by atoms with Crippen molar-refractivity contribution in [1.82, 2.24) is 9.55 Å². The maximum absolute atomic E-state index is 13.7. The van der Waals surface area contributed by atoms with Crippen molar-refractivity contribution >= 4 is 16.7 Å². The lowest BCUT2D eigenvalue weighted by molar-refractivity contribution is -0.140. The molecule has 4 heterocycles. The van der Waals surface area contributed by atoms with Gasteiger partial charge >= 0.3 is 0 Å². The molecule has 182 valence electrons. The highest BCUT2D eigenvalue weighted by Gasteiger charge is 2.43. The molecule has 6 heteroatoms. The summed E-state index contributed by atoms with van der Waals surface area (Å²) in [6.45, 7) is 11.6. The summed E-state index contributed by atoms with van der Waals surface area (Å²) in [6, 6.07) is 1.87. The zero-order valence-corrected chi connectivity index (χ0v) is 21.2. The molecule has 3 aromatic rings. The Morgan fingerprint density at radius 1 is 1.11 bits per heavy atom. The molecular weight excluding hydrogens is 440 g/mol. The van der Waals surface area contributed by atoms with E-state index in [2.05, 4.69) is 27.7 Å². The maximum Gasteiger partial charge on any atom is 0.254 e. The number of hydrogen-bond acceptors (Lipinski definition) is 5. The first-order chi connectivity index (χ1) is 16.7. The van der Waals surface area contributed by atoms with Gasteiger partial charge in [-0.3, -0.25) is 9.59 Å². The Labute approximate surface area is 205 Å². The Kier molecular flexibility index (Phi) is 4.82. The molecule has 0 radical (unpaired) electrons. The summed E-state index contributed by atoms with van der Waals surface area (Å²) in [7, 11) is 0. The summed E-state index contributed by atoms with van der Waals surface area (Å²) >= 11 is 0. The Morgan fingerprint density at radius 2 is 1.89 bits per heavy atom. The maximum atomic E-state index is 13.7. The molecule has 0 amide bonds. The number of rotatable bonds is 3. The smallest absolute Gasteiger partial charge is 0.254 e. The fourth-order valence-corrected chi connectivity index (χ4v) is 6.44. The Balaban J connectivity index is 1.71. The molecule has 0 unspecified atom stereocenters. The van der Waals surface area contributed by atoms with E-state index in [1.807, 2.05) is 6.07 Å². The minimum absolute atomic E-state index is 0.108. The van der Waals surface area contributed by atoms with Crippen LogP contribution >= 0.6 is 0 Å². The van der Waals surface area contributed by atoms with Gasteiger partial charge in [0.1, 0.15) is 11.4 Å². The molecule has 1 aromatic carbocycles. The number of aromatic nitrogens is 2. The second-order valence-electron chi connectivity index (χ2n) is 10.8. The molecule has 6 nitrogen and oxygen atoms in total. The van der Waals surface area contributed by atoms with Crippen molar-refractivity contribution in [3.05, 3.63) is 55.4 Å². The van der Waals surface area contributed by atoms with Gasteiger partial charge in [-0.1, -0.05) is 20.8 Å². The molecule has 0 saturated heterocycles. The summed E-state index contributed by atoms with van der Waals surface area (Å²) in [5.74, 6) is 1.17. The van der Waals surface area contributed by atoms with E-state index in [1.54, 1.807) is 11.5 Å². The van der Waals surface area contributed by atoms with Gasteiger partial charge in [-0.25, -0.2) is 4.98 Å². The van der Waals surface area contributed by atoms with E-state index in [0.29, 0.717) is 42.3 Å². The number of Topliss-reactive ketones (excluding diaryl/α,β-unsaturated/α-hetero) is 1. The van der Waals surface area contributed by atoms with Crippen LogP contribution in [0.25, 0.3) is 22.3 Å². The first-order valence-electron chi connectivity index (χ1n) is 12.8. The molecule has 0 saturated carbocycles. The second-order valence-corrected chi connectivity index (χ2v) is 10.8. The molecule has 0 bridgehead atoms. The molecule has 0 fully saturated rings. The van der Waals surface area contributed by atoms with Crippen LogP contribution in [0.15, 0.2) is 10.9 Å². The lowest BCUT2D eigenvalue weighted by Crippen LogP contribution is -2.43. The standard InChI is InChI=1S/C29H32N2O4/c1-6-29(34)21-12-22-26-20(13-31(22)28(33)18(21)7-8-23(29)32)19(11-14(2)3)24-25(30-26)16(5)15(4)17-9-10-35-27(17)24/h12,14,34H,6-11,13H2,1-5H3/t29-/m0/s1. The molecule has 1 aliphatic carbocycles. The molecule has 1 atom stereocenters. The number of carbonyl (C=O) groups excluding carboxylic acids is 1. The average Bonchev–Trinajstić information content (AvgIpc) is 3.45. The van der Waals surface area contributed by atoms with E-state index >= 15 is 0 Å². The molecule has 35 heavy (non-hydrogen) atoms. The first-order valence-corrected chi connectivity index (χ1v) is 12.8. The van der Waals surface area contributed by atoms with Crippen LogP contribution in [0, 0.1) is 19.8 Å². The van der Waals surface area contributed by atoms with Gasteiger partial charge in [-0.15, -0.1) is 0 Å². The minimum atomic E-state index is -1.61. The van der Waals surface area contributed by atoms with Gasteiger partial charge in [0, 0.05) is 40.5 Å². The summed E-state index contributed by atoms with van der Waals surface area (Å²) in [5, 5.41) is 12.4. The molecule has 0 spiro atoms. The summed E-state index contributed by atoms with van der Waals surface area (Å²) < 4.78 is 7.99. The third-order valence-electron chi connectivity index (χ3n) is 8.47. The van der Waals surface area contributed by atoms with E-state index in [0.717, 1.165) is 46.3 Å². The second kappa shape index (κ2) is 7.50. The lowest BCUT2D eigenvalue weighted by atomic mass is 9.77. The van der Waals surface area contributed by atoms with E-state index in [1.165, 1.54) is 16.7 Å². The number of ketones is 1. The third-order valence-corrected chi connectivity index (χ3v) is 8.47. The molecule has 6 rings (SSSR count). The Hall–Kier alpha value is -2.99. The van der Waals surface area contributed by atoms with Crippen LogP contribution in [-0.4, -0.2) is 27.0 Å². The van der Waals surface area contributed by atoms with Crippen LogP contribution in [0.1, 0.15) is 72.6 Å². The molecular formula is C29H32N2O4. The van der Waals surface area contributed by atoms with Crippen molar-refractivity contribution in [2.24, 2.45) is 5.92 Å². The van der Waals surface area contributed by atoms with Gasteiger partial charge in [0.05, 0.1) is 30.1 Å². The van der Waals surface area contributed by atoms with Gasteiger partial charge in [0.25, 0.3) is 5.56 Å². The topological polar surface area (TPSA) is 81.4 Å². The van der Waals surface area contributed by atoms with Crippen LogP contribution in [-0.2, 0) is 36.2 Å². The Bertz CT molecular complexity index is 1510. The van der Waals surface area contributed by atoms with E-state index in [9.17, 15) is 14.7 Å². The highest BCUT2D eigenvalue weighted by atomic mass is 16.5. The van der Waals surface area contributed by atoms with Crippen molar-refractivity contribution in [2.45, 2.75) is 78.9 Å². The number of hydrogen-bond donors (Lipinski definition) is 1. The van der Waals surface area contributed by atoms with Gasteiger partial charge in [-0.05, 0) is 61.8 Å². The molecule has 3 aliphatic rings.